The quantitative estimate of drug-likeness (QED) is 0.816. The van der Waals surface area contributed by atoms with E-state index in [1.807, 2.05) is 55.4 Å². The van der Waals surface area contributed by atoms with E-state index >= 15 is 0 Å². The minimum Gasteiger partial charge on any atom is -0.481 e. The van der Waals surface area contributed by atoms with Crippen molar-refractivity contribution in [1.82, 2.24) is 19.9 Å². The normalized spacial score (nSPS) is 8.42. The Kier molecular flexibility index (Phi) is 14.4. The van der Waals surface area contributed by atoms with E-state index in [2.05, 4.69) is 19.9 Å². The van der Waals surface area contributed by atoms with Gasteiger partial charge in [-0.1, -0.05) is 27.7 Å². The summed E-state index contributed by atoms with van der Waals surface area (Å²) in [5, 5.41) is 0. The molecular formula is C18H32N4O2. The van der Waals surface area contributed by atoms with Crippen LogP contribution in [-0.2, 0) is 0 Å². The summed E-state index contributed by atoms with van der Waals surface area (Å²) in [6.45, 7) is 15.6. The maximum absolute atomic E-state index is 4.97. The smallest absolute Gasteiger partial charge is 0.219 e. The number of methoxy groups -OCH3 is 2. The molecule has 0 aliphatic heterocycles. The Morgan fingerprint density at radius 1 is 0.750 bits per heavy atom. The van der Waals surface area contributed by atoms with Gasteiger partial charge >= 0.3 is 0 Å². The van der Waals surface area contributed by atoms with Gasteiger partial charge in [-0.3, -0.25) is 0 Å². The molecule has 0 spiro atoms. The average Bonchev–Trinajstić information content (AvgIpc) is 2.63. The fourth-order valence-electron chi connectivity index (χ4n) is 1.44. The maximum atomic E-state index is 4.97. The number of ether oxygens (including phenoxy) is 2. The second-order valence-corrected chi connectivity index (χ2v) is 4.20. The van der Waals surface area contributed by atoms with E-state index in [0.717, 1.165) is 22.6 Å². The van der Waals surface area contributed by atoms with Crippen molar-refractivity contribution in [1.29, 1.82) is 0 Å². The lowest BCUT2D eigenvalue weighted by atomic mass is 10.3. The fraction of sp³-hybridized carbons (Fsp3) is 0.556. The van der Waals surface area contributed by atoms with Crippen LogP contribution in [0.15, 0.2) is 12.5 Å². The van der Waals surface area contributed by atoms with Crippen LogP contribution in [0.4, 0.5) is 0 Å². The number of aromatic nitrogens is 4. The fourth-order valence-corrected chi connectivity index (χ4v) is 1.44. The van der Waals surface area contributed by atoms with Crippen LogP contribution >= 0.6 is 0 Å². The van der Waals surface area contributed by atoms with E-state index in [1.165, 1.54) is 6.33 Å². The monoisotopic (exact) mass is 336 g/mol. The average molecular weight is 336 g/mol. The highest BCUT2D eigenvalue weighted by Crippen LogP contribution is 2.13. The molecule has 0 fully saturated rings. The molecule has 0 saturated heterocycles. The Hall–Kier alpha value is -2.24. The summed E-state index contributed by atoms with van der Waals surface area (Å²) in [6, 6.07) is 0. The maximum Gasteiger partial charge on any atom is 0.219 e. The molecular weight excluding hydrogens is 304 g/mol. The summed E-state index contributed by atoms with van der Waals surface area (Å²) in [7, 11) is 3.21. The van der Waals surface area contributed by atoms with E-state index < -0.39 is 0 Å². The third-order valence-corrected chi connectivity index (χ3v) is 2.72. The molecule has 0 aromatic carbocycles. The second-order valence-electron chi connectivity index (χ2n) is 4.20. The summed E-state index contributed by atoms with van der Waals surface area (Å²) in [4.78, 5) is 16.0. The largest absolute Gasteiger partial charge is 0.481 e. The summed E-state index contributed by atoms with van der Waals surface area (Å²) in [5.41, 5.74) is 2.94. The Balaban J connectivity index is 0. The molecule has 0 aliphatic rings. The highest BCUT2D eigenvalue weighted by Gasteiger charge is 2.00. The van der Waals surface area contributed by atoms with Gasteiger partial charge in [-0.15, -0.1) is 0 Å². The van der Waals surface area contributed by atoms with Crippen molar-refractivity contribution in [3.63, 3.8) is 0 Å². The molecule has 6 heteroatoms. The molecule has 2 heterocycles. The van der Waals surface area contributed by atoms with Crippen molar-refractivity contribution >= 4 is 0 Å². The number of nitrogens with zero attached hydrogens (tertiary/aromatic N) is 4. The highest BCUT2D eigenvalue weighted by atomic mass is 16.5. The van der Waals surface area contributed by atoms with Crippen molar-refractivity contribution in [2.45, 2.75) is 55.4 Å². The molecule has 136 valence electrons. The minimum atomic E-state index is 0.660. The molecule has 0 aliphatic carbocycles. The predicted molar refractivity (Wildman–Crippen MR) is 98.8 cm³/mol. The SMILES string of the molecule is CC.CC.COc1nc(C)ncc1C.COc1ncnc(C)c1C. The zero-order valence-electron chi connectivity index (χ0n) is 16.8. The van der Waals surface area contributed by atoms with Crippen molar-refractivity contribution in [3.8, 4) is 11.8 Å². The van der Waals surface area contributed by atoms with Gasteiger partial charge in [-0.25, -0.2) is 15.0 Å². The van der Waals surface area contributed by atoms with Crippen LogP contribution in [0, 0.1) is 27.7 Å². The van der Waals surface area contributed by atoms with Crippen molar-refractivity contribution in [3.05, 3.63) is 35.2 Å². The first-order valence-electron chi connectivity index (χ1n) is 8.16. The first-order chi connectivity index (χ1) is 11.5. The van der Waals surface area contributed by atoms with Gasteiger partial charge in [0, 0.05) is 23.0 Å². The van der Waals surface area contributed by atoms with Crippen LogP contribution in [0.2, 0.25) is 0 Å². The number of hydrogen-bond donors (Lipinski definition) is 0. The first kappa shape index (κ1) is 24.0. The molecule has 0 bridgehead atoms. The Morgan fingerprint density at radius 3 is 1.71 bits per heavy atom. The van der Waals surface area contributed by atoms with Gasteiger partial charge in [0.2, 0.25) is 11.8 Å². The van der Waals surface area contributed by atoms with Gasteiger partial charge in [-0.05, 0) is 27.7 Å². The molecule has 0 unspecified atom stereocenters. The van der Waals surface area contributed by atoms with E-state index in [1.54, 1.807) is 20.4 Å². The van der Waals surface area contributed by atoms with Gasteiger partial charge in [-0.2, -0.15) is 4.98 Å². The van der Waals surface area contributed by atoms with Crippen molar-refractivity contribution in [2.75, 3.05) is 14.2 Å². The second kappa shape index (κ2) is 14.4. The topological polar surface area (TPSA) is 70.0 Å². The van der Waals surface area contributed by atoms with Gasteiger partial charge in [0.05, 0.1) is 14.2 Å². The van der Waals surface area contributed by atoms with Crippen molar-refractivity contribution < 1.29 is 9.47 Å². The Bertz CT molecular complexity index is 573. The molecule has 24 heavy (non-hydrogen) atoms. The van der Waals surface area contributed by atoms with Crippen LogP contribution in [-0.4, -0.2) is 34.2 Å². The lowest BCUT2D eigenvalue weighted by Gasteiger charge is -2.02. The van der Waals surface area contributed by atoms with Crippen LogP contribution in [0.5, 0.6) is 11.8 Å². The Morgan fingerprint density at radius 2 is 1.29 bits per heavy atom. The van der Waals surface area contributed by atoms with Crippen molar-refractivity contribution in [2.24, 2.45) is 0 Å². The lowest BCUT2D eigenvalue weighted by Crippen LogP contribution is -1.95. The van der Waals surface area contributed by atoms with Gasteiger partial charge in [0.25, 0.3) is 0 Å². The van der Waals surface area contributed by atoms with E-state index in [-0.39, 0.29) is 0 Å². The highest BCUT2D eigenvalue weighted by molar-refractivity contribution is 5.26. The van der Waals surface area contributed by atoms with Gasteiger partial charge < -0.3 is 9.47 Å². The minimum absolute atomic E-state index is 0.660. The number of hydrogen-bond acceptors (Lipinski definition) is 6. The molecule has 0 N–H and O–H groups in total. The zero-order chi connectivity index (χ0) is 19.1. The molecule has 0 amide bonds. The summed E-state index contributed by atoms with van der Waals surface area (Å²) in [5.74, 6) is 2.06. The van der Waals surface area contributed by atoms with Crippen LogP contribution in [0.3, 0.4) is 0 Å². The number of aryl methyl sites for hydroxylation is 3. The lowest BCUT2D eigenvalue weighted by molar-refractivity contribution is 0.392. The van der Waals surface area contributed by atoms with Gasteiger partial charge in [0.1, 0.15) is 12.2 Å². The van der Waals surface area contributed by atoms with E-state index in [0.29, 0.717) is 11.8 Å². The Labute approximate surface area is 146 Å². The zero-order valence-corrected chi connectivity index (χ0v) is 16.8. The third-order valence-electron chi connectivity index (χ3n) is 2.72. The summed E-state index contributed by atoms with van der Waals surface area (Å²) >= 11 is 0. The molecule has 2 aromatic heterocycles. The van der Waals surface area contributed by atoms with E-state index in [9.17, 15) is 0 Å². The molecule has 6 nitrogen and oxygen atoms in total. The van der Waals surface area contributed by atoms with E-state index in [4.69, 9.17) is 9.47 Å². The van der Waals surface area contributed by atoms with Gasteiger partial charge in [0.15, 0.2) is 0 Å². The molecule has 0 radical (unpaired) electrons. The number of rotatable bonds is 2. The predicted octanol–water partition coefficient (Wildman–Crippen LogP) is 4.26. The molecule has 2 aromatic rings. The van der Waals surface area contributed by atoms with Crippen LogP contribution in [0.1, 0.15) is 50.3 Å². The summed E-state index contributed by atoms with van der Waals surface area (Å²) in [6.07, 6.45) is 3.25. The first-order valence-corrected chi connectivity index (χ1v) is 8.16. The standard InChI is InChI=1S/2C7H10N2O.2C2H6/c1-5-6(2)8-4-9-7(5)10-3;1-5-4-8-6(2)9-7(5)10-3;2*1-2/h2*4H,1-3H3;2*1-2H3. The molecule has 2 rings (SSSR count). The molecule has 0 atom stereocenters. The summed E-state index contributed by atoms with van der Waals surface area (Å²) < 4.78 is 9.95. The van der Waals surface area contributed by atoms with Crippen LogP contribution < -0.4 is 9.47 Å². The molecule has 0 saturated carbocycles. The third kappa shape index (κ3) is 8.41. The van der Waals surface area contributed by atoms with Crippen LogP contribution in [0.25, 0.3) is 0 Å².